The van der Waals surface area contributed by atoms with Crippen LogP contribution in [-0.4, -0.2) is 11.5 Å². The lowest BCUT2D eigenvalue weighted by atomic mass is 9.94. The molecule has 26 heavy (non-hydrogen) atoms. The summed E-state index contributed by atoms with van der Waals surface area (Å²) in [6.45, 7) is 9.99. The molecular weight excluding hydrogens is 322 g/mol. The SMILES string of the molecule is C=Cc1cccc(C(=O)Nc2cc3c(cc2C)OC(C)(CCC)C=C3)c1. The molecule has 1 unspecified atom stereocenters. The van der Waals surface area contributed by atoms with Crippen LogP contribution in [0.2, 0.25) is 0 Å². The van der Waals surface area contributed by atoms with Crippen LogP contribution >= 0.6 is 0 Å². The molecule has 0 spiro atoms. The van der Waals surface area contributed by atoms with Gasteiger partial charge in [0.25, 0.3) is 5.91 Å². The highest BCUT2D eigenvalue weighted by atomic mass is 16.5. The van der Waals surface area contributed by atoms with Gasteiger partial charge in [0.1, 0.15) is 11.4 Å². The molecule has 134 valence electrons. The molecule has 1 amide bonds. The third-order valence-electron chi connectivity index (χ3n) is 4.69. The number of hydrogen-bond acceptors (Lipinski definition) is 2. The van der Waals surface area contributed by atoms with Gasteiger partial charge >= 0.3 is 0 Å². The van der Waals surface area contributed by atoms with Crippen LogP contribution in [0.15, 0.2) is 49.1 Å². The van der Waals surface area contributed by atoms with E-state index in [1.807, 2.05) is 37.3 Å². The molecule has 0 fully saturated rings. The van der Waals surface area contributed by atoms with E-state index < -0.39 is 0 Å². The Bertz CT molecular complexity index is 882. The van der Waals surface area contributed by atoms with Crippen LogP contribution in [0.5, 0.6) is 5.75 Å². The molecule has 2 aromatic rings. The van der Waals surface area contributed by atoms with Crippen molar-refractivity contribution in [3.05, 3.63) is 71.3 Å². The molecule has 0 saturated heterocycles. The first-order valence-electron chi connectivity index (χ1n) is 9.01. The van der Waals surface area contributed by atoms with E-state index in [9.17, 15) is 4.79 Å². The molecule has 1 aliphatic rings. The summed E-state index contributed by atoms with van der Waals surface area (Å²) in [4.78, 5) is 12.6. The van der Waals surface area contributed by atoms with Crippen LogP contribution in [0.1, 0.15) is 53.7 Å². The number of anilines is 1. The fraction of sp³-hybridized carbons (Fsp3) is 0.261. The van der Waals surface area contributed by atoms with Gasteiger partial charge < -0.3 is 10.1 Å². The lowest BCUT2D eigenvalue weighted by Crippen LogP contribution is -2.31. The fourth-order valence-corrected chi connectivity index (χ4v) is 3.23. The van der Waals surface area contributed by atoms with Gasteiger partial charge in [0, 0.05) is 16.8 Å². The van der Waals surface area contributed by atoms with E-state index in [-0.39, 0.29) is 11.5 Å². The van der Waals surface area contributed by atoms with Crippen LogP contribution in [0, 0.1) is 6.92 Å². The summed E-state index contributed by atoms with van der Waals surface area (Å²) in [7, 11) is 0. The largest absolute Gasteiger partial charge is 0.483 e. The van der Waals surface area contributed by atoms with E-state index in [0.29, 0.717) is 5.56 Å². The number of amides is 1. The predicted molar refractivity (Wildman–Crippen MR) is 109 cm³/mol. The molecule has 1 atom stereocenters. The van der Waals surface area contributed by atoms with Crippen LogP contribution < -0.4 is 10.1 Å². The van der Waals surface area contributed by atoms with E-state index >= 15 is 0 Å². The number of ether oxygens (including phenoxy) is 1. The Morgan fingerprint density at radius 3 is 2.85 bits per heavy atom. The van der Waals surface area contributed by atoms with Crippen LogP contribution in [0.25, 0.3) is 12.2 Å². The summed E-state index contributed by atoms with van der Waals surface area (Å²) < 4.78 is 6.20. The number of nitrogens with one attached hydrogen (secondary N) is 1. The molecule has 3 heteroatoms. The van der Waals surface area contributed by atoms with Crippen molar-refractivity contribution in [3.63, 3.8) is 0 Å². The molecule has 2 aromatic carbocycles. The van der Waals surface area contributed by atoms with E-state index in [1.54, 1.807) is 12.1 Å². The lowest BCUT2D eigenvalue weighted by Gasteiger charge is -2.32. The van der Waals surface area contributed by atoms with Gasteiger partial charge in [-0.15, -0.1) is 0 Å². The first-order valence-corrected chi connectivity index (χ1v) is 9.01. The second-order valence-electron chi connectivity index (χ2n) is 6.99. The molecule has 3 nitrogen and oxygen atoms in total. The van der Waals surface area contributed by atoms with Crippen molar-refractivity contribution in [2.24, 2.45) is 0 Å². The number of hydrogen-bond donors (Lipinski definition) is 1. The zero-order valence-electron chi connectivity index (χ0n) is 15.6. The second kappa shape index (κ2) is 7.20. The summed E-state index contributed by atoms with van der Waals surface area (Å²) in [6.07, 6.45) is 7.96. The number of carbonyl (C=O) groups excluding carboxylic acids is 1. The van der Waals surface area contributed by atoms with Crippen LogP contribution in [-0.2, 0) is 0 Å². The Hall–Kier alpha value is -2.81. The zero-order valence-corrected chi connectivity index (χ0v) is 15.6. The average Bonchev–Trinajstić information content (AvgIpc) is 2.62. The van der Waals surface area contributed by atoms with Crippen molar-refractivity contribution in [3.8, 4) is 5.75 Å². The zero-order chi connectivity index (χ0) is 18.7. The summed E-state index contributed by atoms with van der Waals surface area (Å²) >= 11 is 0. The lowest BCUT2D eigenvalue weighted by molar-refractivity contribution is 0.102. The number of fused-ring (bicyclic) bond motifs is 1. The fourth-order valence-electron chi connectivity index (χ4n) is 3.23. The number of rotatable bonds is 5. The summed E-state index contributed by atoms with van der Waals surface area (Å²) in [6, 6.07) is 11.4. The highest BCUT2D eigenvalue weighted by molar-refractivity contribution is 6.05. The highest BCUT2D eigenvalue weighted by Gasteiger charge is 2.27. The number of carbonyl (C=O) groups is 1. The third kappa shape index (κ3) is 3.72. The Balaban J connectivity index is 1.85. The van der Waals surface area contributed by atoms with E-state index in [2.05, 4.69) is 37.9 Å². The topological polar surface area (TPSA) is 38.3 Å². The molecule has 1 aliphatic heterocycles. The van der Waals surface area contributed by atoms with Gasteiger partial charge in [0.05, 0.1) is 0 Å². The van der Waals surface area contributed by atoms with Crippen molar-refractivity contribution in [2.75, 3.05) is 5.32 Å². The molecule has 0 saturated carbocycles. The monoisotopic (exact) mass is 347 g/mol. The maximum absolute atomic E-state index is 12.6. The molecule has 0 bridgehead atoms. The molecule has 3 rings (SSSR count). The highest BCUT2D eigenvalue weighted by Crippen LogP contribution is 2.36. The smallest absolute Gasteiger partial charge is 0.255 e. The summed E-state index contributed by atoms with van der Waals surface area (Å²) in [5, 5.41) is 3.01. The normalized spacial score (nSPS) is 18.0. The first-order chi connectivity index (χ1) is 12.4. The summed E-state index contributed by atoms with van der Waals surface area (Å²) in [5.41, 5.74) is 4.04. The van der Waals surface area contributed by atoms with Crippen molar-refractivity contribution in [2.45, 2.75) is 39.2 Å². The number of benzene rings is 2. The minimum absolute atomic E-state index is 0.131. The van der Waals surface area contributed by atoms with Crippen molar-refractivity contribution < 1.29 is 9.53 Å². The molecule has 0 radical (unpaired) electrons. The van der Waals surface area contributed by atoms with Crippen molar-refractivity contribution in [1.29, 1.82) is 0 Å². The van der Waals surface area contributed by atoms with Gasteiger partial charge in [-0.05, 0) is 61.7 Å². The Morgan fingerprint density at radius 2 is 2.12 bits per heavy atom. The average molecular weight is 347 g/mol. The molecular formula is C23H25NO2. The van der Waals surface area contributed by atoms with Gasteiger partial charge in [-0.25, -0.2) is 0 Å². The molecule has 0 aliphatic carbocycles. The van der Waals surface area contributed by atoms with Crippen LogP contribution in [0.4, 0.5) is 5.69 Å². The van der Waals surface area contributed by atoms with E-state index in [0.717, 1.165) is 41.0 Å². The minimum Gasteiger partial charge on any atom is -0.483 e. The van der Waals surface area contributed by atoms with Crippen molar-refractivity contribution in [1.82, 2.24) is 0 Å². The maximum Gasteiger partial charge on any atom is 0.255 e. The third-order valence-corrected chi connectivity index (χ3v) is 4.69. The quantitative estimate of drug-likeness (QED) is 0.736. The Kier molecular flexibility index (Phi) is 4.99. The molecule has 0 aromatic heterocycles. The first kappa shape index (κ1) is 18.0. The molecule has 1 heterocycles. The van der Waals surface area contributed by atoms with Crippen LogP contribution in [0.3, 0.4) is 0 Å². The van der Waals surface area contributed by atoms with Gasteiger partial charge in [0.2, 0.25) is 0 Å². The number of aryl methyl sites for hydroxylation is 1. The molecule has 1 N–H and O–H groups in total. The minimum atomic E-state index is -0.260. The van der Waals surface area contributed by atoms with Gasteiger partial charge in [-0.3, -0.25) is 4.79 Å². The van der Waals surface area contributed by atoms with Gasteiger partial charge in [0.15, 0.2) is 0 Å². The predicted octanol–water partition coefficient (Wildman–Crippen LogP) is 5.85. The Labute approximate surface area is 155 Å². The standard InChI is InChI=1S/C23H25NO2/c1-5-11-23(4)12-10-18-15-20(16(3)13-21(18)26-23)24-22(25)19-9-7-8-17(6-2)14-19/h6-10,12-15H,2,5,11H2,1,3-4H3,(H,24,25). The van der Waals surface area contributed by atoms with E-state index in [1.165, 1.54) is 0 Å². The Morgan fingerprint density at radius 1 is 1.31 bits per heavy atom. The summed E-state index contributed by atoms with van der Waals surface area (Å²) in [5.74, 6) is 0.737. The van der Waals surface area contributed by atoms with Gasteiger partial charge in [-0.1, -0.05) is 44.2 Å². The van der Waals surface area contributed by atoms with Gasteiger partial charge in [-0.2, -0.15) is 0 Å². The van der Waals surface area contributed by atoms with E-state index in [4.69, 9.17) is 4.74 Å². The second-order valence-corrected chi connectivity index (χ2v) is 6.99. The maximum atomic E-state index is 12.6. The van der Waals surface area contributed by atoms with Crippen molar-refractivity contribution >= 4 is 23.7 Å².